The van der Waals surface area contributed by atoms with Gasteiger partial charge in [-0.25, -0.2) is 4.98 Å². The van der Waals surface area contributed by atoms with Gasteiger partial charge >= 0.3 is 0 Å². The molecule has 0 amide bonds. The lowest BCUT2D eigenvalue weighted by atomic mass is 9.97. The Balaban J connectivity index is 1.65. The van der Waals surface area contributed by atoms with Gasteiger partial charge in [0.15, 0.2) is 0 Å². The maximum atomic E-state index is 5.87. The van der Waals surface area contributed by atoms with E-state index in [1.54, 1.807) is 0 Å². The van der Waals surface area contributed by atoms with Gasteiger partial charge in [-0.15, -0.1) is 0 Å². The molecule has 2 heterocycles. The van der Waals surface area contributed by atoms with Crippen LogP contribution >= 0.6 is 0 Å². The van der Waals surface area contributed by atoms with Crippen LogP contribution < -0.4 is 5.32 Å². The quantitative estimate of drug-likeness (QED) is 0.911. The lowest BCUT2D eigenvalue weighted by Crippen LogP contribution is -2.30. The number of rotatable bonds is 3. The summed E-state index contributed by atoms with van der Waals surface area (Å²) in [7, 11) is 0. The molecule has 2 atom stereocenters. The van der Waals surface area contributed by atoms with Crippen molar-refractivity contribution in [1.82, 2.24) is 4.98 Å². The molecule has 1 saturated heterocycles. The lowest BCUT2D eigenvalue weighted by molar-refractivity contribution is 0.00975. The number of nitrogens with zero attached hydrogens (tertiary/aromatic N) is 1. The summed E-state index contributed by atoms with van der Waals surface area (Å²) in [4.78, 5) is 4.32. The summed E-state index contributed by atoms with van der Waals surface area (Å²) >= 11 is 0. The highest BCUT2D eigenvalue weighted by Crippen LogP contribution is 2.29. The van der Waals surface area contributed by atoms with Crippen LogP contribution in [0.1, 0.15) is 24.5 Å². The molecule has 3 nitrogen and oxygen atoms in total. The van der Waals surface area contributed by atoms with E-state index in [1.807, 2.05) is 30.5 Å². The summed E-state index contributed by atoms with van der Waals surface area (Å²) in [5, 5.41) is 3.49. The van der Waals surface area contributed by atoms with Crippen LogP contribution in [0.5, 0.6) is 0 Å². The lowest BCUT2D eigenvalue weighted by Gasteiger charge is -2.30. The van der Waals surface area contributed by atoms with Gasteiger partial charge in [0.1, 0.15) is 5.82 Å². The third kappa shape index (κ3) is 3.12. The van der Waals surface area contributed by atoms with E-state index >= 15 is 0 Å². The summed E-state index contributed by atoms with van der Waals surface area (Å²) in [6.45, 7) is 0.796. The molecule has 1 aromatic heterocycles. The van der Waals surface area contributed by atoms with Crippen LogP contribution in [0.3, 0.4) is 0 Å². The first-order chi connectivity index (χ1) is 9.42. The Hall–Kier alpha value is -1.87. The molecule has 0 unspecified atom stereocenters. The van der Waals surface area contributed by atoms with Crippen molar-refractivity contribution in [3.8, 4) is 0 Å². The molecular formula is C16H18N2O. The topological polar surface area (TPSA) is 34.2 Å². The molecule has 1 aliphatic heterocycles. The first-order valence-corrected chi connectivity index (χ1v) is 6.76. The van der Waals surface area contributed by atoms with E-state index in [9.17, 15) is 0 Å². The zero-order valence-corrected chi connectivity index (χ0v) is 10.8. The minimum absolute atomic E-state index is 0.191. The van der Waals surface area contributed by atoms with Gasteiger partial charge in [0.2, 0.25) is 0 Å². The van der Waals surface area contributed by atoms with Gasteiger partial charge in [0.25, 0.3) is 0 Å². The number of anilines is 1. The molecule has 1 aromatic carbocycles. The number of aromatic nitrogens is 1. The Morgan fingerprint density at radius 2 is 1.89 bits per heavy atom. The van der Waals surface area contributed by atoms with Crippen molar-refractivity contribution >= 4 is 5.82 Å². The van der Waals surface area contributed by atoms with Gasteiger partial charge in [0, 0.05) is 18.8 Å². The second-order valence-electron chi connectivity index (χ2n) is 4.85. The minimum atomic E-state index is 0.191. The largest absolute Gasteiger partial charge is 0.373 e. The molecule has 1 fully saturated rings. The summed E-state index contributed by atoms with van der Waals surface area (Å²) in [5.41, 5.74) is 1.26. The van der Waals surface area contributed by atoms with E-state index in [4.69, 9.17) is 4.74 Å². The van der Waals surface area contributed by atoms with Crippen LogP contribution in [-0.2, 0) is 4.74 Å². The highest BCUT2D eigenvalue weighted by Gasteiger charge is 2.23. The molecule has 3 heteroatoms. The van der Waals surface area contributed by atoms with Gasteiger partial charge in [-0.3, -0.25) is 0 Å². The average molecular weight is 254 g/mol. The zero-order chi connectivity index (χ0) is 12.9. The summed E-state index contributed by atoms with van der Waals surface area (Å²) in [6, 6.07) is 16.8. The second-order valence-corrected chi connectivity index (χ2v) is 4.85. The number of benzene rings is 1. The Morgan fingerprint density at radius 3 is 2.68 bits per heavy atom. The van der Waals surface area contributed by atoms with Crippen LogP contribution in [0.25, 0.3) is 0 Å². The van der Waals surface area contributed by atoms with E-state index < -0.39 is 0 Å². The summed E-state index contributed by atoms with van der Waals surface area (Å²) in [6.07, 6.45) is 4.02. The fraction of sp³-hybridized carbons (Fsp3) is 0.312. The molecule has 3 rings (SSSR count). The number of hydrogen-bond acceptors (Lipinski definition) is 3. The molecule has 0 radical (unpaired) electrons. The van der Waals surface area contributed by atoms with Crippen molar-refractivity contribution in [2.45, 2.75) is 25.0 Å². The molecule has 0 saturated carbocycles. The van der Waals surface area contributed by atoms with Crippen molar-refractivity contribution < 1.29 is 4.74 Å². The molecule has 0 bridgehead atoms. The molecule has 1 aliphatic rings. The van der Waals surface area contributed by atoms with Gasteiger partial charge in [-0.2, -0.15) is 0 Å². The fourth-order valence-electron chi connectivity index (χ4n) is 2.49. The second kappa shape index (κ2) is 5.85. The van der Waals surface area contributed by atoms with Crippen LogP contribution in [0.15, 0.2) is 54.7 Å². The van der Waals surface area contributed by atoms with Crippen LogP contribution in [0.2, 0.25) is 0 Å². The van der Waals surface area contributed by atoms with Crippen molar-refractivity contribution in [2.24, 2.45) is 0 Å². The number of nitrogens with one attached hydrogen (secondary N) is 1. The highest BCUT2D eigenvalue weighted by atomic mass is 16.5. The predicted molar refractivity (Wildman–Crippen MR) is 76.0 cm³/mol. The van der Waals surface area contributed by atoms with Crippen molar-refractivity contribution in [3.05, 3.63) is 60.3 Å². The van der Waals surface area contributed by atoms with E-state index in [-0.39, 0.29) is 6.10 Å². The van der Waals surface area contributed by atoms with Gasteiger partial charge in [-0.1, -0.05) is 36.4 Å². The van der Waals surface area contributed by atoms with Gasteiger partial charge in [-0.05, 0) is 30.5 Å². The molecule has 0 aliphatic carbocycles. The fourth-order valence-corrected chi connectivity index (χ4v) is 2.49. The molecular weight excluding hydrogens is 236 g/mol. The van der Waals surface area contributed by atoms with E-state index in [0.29, 0.717) is 6.04 Å². The highest BCUT2D eigenvalue weighted by molar-refractivity contribution is 5.34. The summed E-state index contributed by atoms with van der Waals surface area (Å²) < 4.78 is 5.87. The van der Waals surface area contributed by atoms with Crippen molar-refractivity contribution in [1.29, 1.82) is 0 Å². The maximum Gasteiger partial charge on any atom is 0.126 e. The van der Waals surface area contributed by atoms with Crippen LogP contribution in [-0.4, -0.2) is 17.6 Å². The zero-order valence-electron chi connectivity index (χ0n) is 10.8. The standard InChI is InChI=1S/C16H18N2O/c1-2-6-13(7-3-1)15-12-14(9-11-19-15)18-16-8-4-5-10-17-16/h1-8,10,14-15H,9,11-12H2,(H,17,18)/t14-,15+/m0/s1. The third-order valence-corrected chi connectivity index (χ3v) is 3.47. The molecule has 1 N–H and O–H groups in total. The number of hydrogen-bond donors (Lipinski definition) is 1. The Morgan fingerprint density at radius 1 is 1.05 bits per heavy atom. The third-order valence-electron chi connectivity index (χ3n) is 3.47. The predicted octanol–water partition coefficient (Wildman–Crippen LogP) is 3.41. The van der Waals surface area contributed by atoms with Gasteiger partial charge < -0.3 is 10.1 Å². The Bertz CT molecular complexity index is 501. The monoisotopic (exact) mass is 254 g/mol. The van der Waals surface area contributed by atoms with Crippen LogP contribution in [0.4, 0.5) is 5.82 Å². The molecule has 2 aromatic rings. The SMILES string of the molecule is c1ccc([C@H]2C[C@@H](Nc3ccccn3)CCO2)cc1. The minimum Gasteiger partial charge on any atom is -0.373 e. The number of pyridine rings is 1. The maximum absolute atomic E-state index is 5.87. The molecule has 19 heavy (non-hydrogen) atoms. The van der Waals surface area contributed by atoms with Crippen LogP contribution in [0, 0.1) is 0 Å². The Labute approximate surface area is 113 Å². The van der Waals surface area contributed by atoms with E-state index in [2.05, 4.69) is 34.6 Å². The Kier molecular flexibility index (Phi) is 3.75. The van der Waals surface area contributed by atoms with Gasteiger partial charge in [0.05, 0.1) is 6.10 Å². The molecule has 98 valence electrons. The number of ether oxygens (including phenoxy) is 1. The van der Waals surface area contributed by atoms with E-state index in [0.717, 1.165) is 25.3 Å². The first kappa shape index (κ1) is 12.2. The first-order valence-electron chi connectivity index (χ1n) is 6.76. The molecule has 0 spiro atoms. The average Bonchev–Trinajstić information content (AvgIpc) is 2.49. The normalized spacial score (nSPS) is 22.9. The smallest absolute Gasteiger partial charge is 0.126 e. The van der Waals surface area contributed by atoms with E-state index in [1.165, 1.54) is 5.56 Å². The van der Waals surface area contributed by atoms with Crippen molar-refractivity contribution in [2.75, 3.05) is 11.9 Å². The van der Waals surface area contributed by atoms with Crippen molar-refractivity contribution in [3.63, 3.8) is 0 Å². The summed E-state index contributed by atoms with van der Waals surface area (Å²) in [5.74, 6) is 0.946.